The molecule has 0 aliphatic carbocycles. The van der Waals surface area contributed by atoms with Gasteiger partial charge in [-0.3, -0.25) is 9.59 Å². The fraction of sp³-hybridized carbons (Fsp3) is 0.520. The zero-order valence-electron chi connectivity index (χ0n) is 19.5. The van der Waals surface area contributed by atoms with Crippen LogP contribution >= 0.6 is 0 Å². The van der Waals surface area contributed by atoms with E-state index in [4.69, 9.17) is 0 Å². The van der Waals surface area contributed by atoms with Gasteiger partial charge in [-0.1, -0.05) is 37.3 Å². The Hall–Kier alpha value is -2.84. The van der Waals surface area contributed by atoms with Crippen molar-refractivity contribution in [2.75, 3.05) is 58.9 Å². The smallest absolute Gasteiger partial charge is 0.257 e. The average Bonchev–Trinajstić information content (AvgIpc) is 3.01. The summed E-state index contributed by atoms with van der Waals surface area (Å²) in [6.07, 6.45) is 4.01. The molecule has 2 aliphatic rings. The van der Waals surface area contributed by atoms with Gasteiger partial charge in [0.2, 0.25) is 5.91 Å². The molecule has 176 valence electrons. The fourth-order valence-corrected chi connectivity index (χ4v) is 4.46. The zero-order valence-corrected chi connectivity index (χ0v) is 19.5. The number of carbonyl (C=O) groups excluding carboxylic acids is 2. The molecule has 33 heavy (non-hydrogen) atoms. The molecule has 1 aromatic carbocycles. The third kappa shape index (κ3) is 6.15. The number of carbonyl (C=O) groups is 2. The van der Waals surface area contributed by atoms with Crippen molar-refractivity contribution in [1.29, 1.82) is 0 Å². The summed E-state index contributed by atoms with van der Waals surface area (Å²) in [5, 5.41) is 2.98. The molecule has 8 heteroatoms. The molecule has 1 N–H and O–H groups in total. The number of fused-ring (bicyclic) bond motifs is 1. The van der Waals surface area contributed by atoms with E-state index in [9.17, 15) is 9.59 Å². The number of nitrogens with zero attached hydrogens (tertiary/aromatic N) is 5. The summed E-state index contributed by atoms with van der Waals surface area (Å²) in [5.41, 5.74) is 2.20. The molecule has 0 radical (unpaired) electrons. The maximum absolute atomic E-state index is 13.1. The van der Waals surface area contributed by atoms with Crippen molar-refractivity contribution in [3.8, 4) is 11.4 Å². The van der Waals surface area contributed by atoms with E-state index in [0.29, 0.717) is 30.9 Å². The molecule has 0 spiro atoms. The van der Waals surface area contributed by atoms with Crippen molar-refractivity contribution in [3.63, 3.8) is 0 Å². The van der Waals surface area contributed by atoms with Gasteiger partial charge in [-0.15, -0.1) is 0 Å². The minimum absolute atomic E-state index is 0.0773. The second-order valence-electron chi connectivity index (χ2n) is 8.73. The van der Waals surface area contributed by atoms with Crippen molar-refractivity contribution in [2.24, 2.45) is 0 Å². The van der Waals surface area contributed by atoms with Crippen LogP contribution in [0.4, 0.5) is 0 Å². The number of piperazine rings is 1. The third-order valence-corrected chi connectivity index (χ3v) is 6.48. The highest BCUT2D eigenvalue weighted by Crippen LogP contribution is 2.20. The van der Waals surface area contributed by atoms with Gasteiger partial charge in [0.05, 0.1) is 17.8 Å². The number of likely N-dealkylation sites (N-methyl/N-ethyl adjacent to an activating group) is 1. The average molecular weight is 451 g/mol. The summed E-state index contributed by atoms with van der Waals surface area (Å²) < 4.78 is 0. The first-order chi connectivity index (χ1) is 16.1. The Bertz CT molecular complexity index is 943. The molecular weight excluding hydrogens is 416 g/mol. The predicted octanol–water partition coefficient (Wildman–Crippen LogP) is 1.68. The highest BCUT2D eigenvalue weighted by atomic mass is 16.2. The third-order valence-electron chi connectivity index (χ3n) is 6.48. The maximum atomic E-state index is 13.1. The molecule has 3 heterocycles. The Morgan fingerprint density at radius 3 is 2.58 bits per heavy atom. The molecule has 2 amide bonds. The minimum Gasteiger partial charge on any atom is -0.355 e. The lowest BCUT2D eigenvalue weighted by Crippen LogP contribution is -2.47. The first kappa shape index (κ1) is 23.3. The number of aromatic nitrogens is 2. The minimum atomic E-state index is -0.161. The van der Waals surface area contributed by atoms with Crippen molar-refractivity contribution >= 4 is 11.8 Å². The predicted molar refractivity (Wildman–Crippen MR) is 128 cm³/mol. The summed E-state index contributed by atoms with van der Waals surface area (Å²) in [5.74, 6) is 0.361. The van der Waals surface area contributed by atoms with Crippen LogP contribution in [0.25, 0.3) is 11.4 Å². The number of hydrogen-bond acceptors (Lipinski definition) is 6. The van der Waals surface area contributed by atoms with Gasteiger partial charge in [0.15, 0.2) is 5.82 Å². The van der Waals surface area contributed by atoms with Crippen LogP contribution < -0.4 is 5.32 Å². The van der Waals surface area contributed by atoms with E-state index in [-0.39, 0.29) is 18.4 Å². The lowest BCUT2D eigenvalue weighted by atomic mass is 10.1. The van der Waals surface area contributed by atoms with Crippen LogP contribution in [0.5, 0.6) is 0 Å². The highest BCUT2D eigenvalue weighted by molar-refractivity contribution is 5.97. The van der Waals surface area contributed by atoms with Crippen LogP contribution in [-0.4, -0.2) is 95.4 Å². The molecule has 4 rings (SSSR count). The number of rotatable bonds is 8. The number of nitrogens with one attached hydrogen (secondary N) is 1. The summed E-state index contributed by atoms with van der Waals surface area (Å²) in [4.78, 5) is 41.2. The molecular formula is C25H34N6O2. The quantitative estimate of drug-likeness (QED) is 0.617. The lowest BCUT2D eigenvalue weighted by molar-refractivity contribution is -0.121. The van der Waals surface area contributed by atoms with Gasteiger partial charge in [-0.25, -0.2) is 9.97 Å². The van der Waals surface area contributed by atoms with Crippen LogP contribution in [0.3, 0.4) is 0 Å². The maximum Gasteiger partial charge on any atom is 0.257 e. The molecule has 1 fully saturated rings. The topological polar surface area (TPSA) is 81.7 Å². The second kappa shape index (κ2) is 11.3. The Kier molecular flexibility index (Phi) is 8.01. The standard InChI is InChI=1S/C25H34N6O2/c1-2-29-14-16-30(17-15-29)12-7-11-26-23(32)19-31-13-6-10-22-21(25(31)33)18-27-24(28-22)20-8-4-3-5-9-20/h3-5,8-9,18H,2,6-7,10-17,19H2,1H3,(H,26,32). The largest absolute Gasteiger partial charge is 0.355 e. The Balaban J connectivity index is 1.26. The number of aryl methyl sites for hydroxylation is 1. The number of amides is 2. The van der Waals surface area contributed by atoms with E-state index in [1.165, 1.54) is 0 Å². The van der Waals surface area contributed by atoms with E-state index in [0.717, 1.165) is 63.4 Å². The van der Waals surface area contributed by atoms with Crippen molar-refractivity contribution in [2.45, 2.75) is 26.2 Å². The van der Waals surface area contributed by atoms with Crippen LogP contribution in [0.1, 0.15) is 35.8 Å². The van der Waals surface area contributed by atoms with E-state index in [2.05, 4.69) is 32.0 Å². The zero-order chi connectivity index (χ0) is 23.0. The number of hydrogen-bond donors (Lipinski definition) is 1. The SMILES string of the molecule is CCN1CCN(CCCNC(=O)CN2CCCc3nc(-c4ccccc4)ncc3C2=O)CC1. The first-order valence-electron chi connectivity index (χ1n) is 12.1. The molecule has 0 atom stereocenters. The number of benzene rings is 1. The summed E-state index contributed by atoms with van der Waals surface area (Å²) >= 11 is 0. The van der Waals surface area contributed by atoms with Gasteiger partial charge in [0, 0.05) is 51.0 Å². The van der Waals surface area contributed by atoms with Crippen LogP contribution in [0.15, 0.2) is 36.5 Å². The molecule has 8 nitrogen and oxygen atoms in total. The van der Waals surface area contributed by atoms with Gasteiger partial charge >= 0.3 is 0 Å². The van der Waals surface area contributed by atoms with Gasteiger partial charge in [-0.2, -0.15) is 0 Å². The second-order valence-corrected chi connectivity index (χ2v) is 8.73. The lowest BCUT2D eigenvalue weighted by Gasteiger charge is -2.34. The van der Waals surface area contributed by atoms with Crippen LogP contribution in [0.2, 0.25) is 0 Å². The van der Waals surface area contributed by atoms with E-state index in [1.54, 1.807) is 11.1 Å². The highest BCUT2D eigenvalue weighted by Gasteiger charge is 2.26. The van der Waals surface area contributed by atoms with Gasteiger partial charge < -0.3 is 20.0 Å². The molecule has 2 aromatic rings. The Morgan fingerprint density at radius 1 is 1.06 bits per heavy atom. The van der Waals surface area contributed by atoms with Crippen molar-refractivity contribution < 1.29 is 9.59 Å². The Morgan fingerprint density at radius 2 is 1.82 bits per heavy atom. The van der Waals surface area contributed by atoms with Crippen LogP contribution in [-0.2, 0) is 11.2 Å². The summed E-state index contributed by atoms with van der Waals surface area (Å²) in [6, 6.07) is 9.77. The fourth-order valence-electron chi connectivity index (χ4n) is 4.46. The van der Waals surface area contributed by atoms with Crippen molar-refractivity contribution in [1.82, 2.24) is 30.0 Å². The van der Waals surface area contributed by atoms with Gasteiger partial charge in [-0.05, 0) is 32.4 Å². The molecule has 1 saturated heterocycles. The molecule has 1 aromatic heterocycles. The van der Waals surface area contributed by atoms with E-state index < -0.39 is 0 Å². The first-order valence-corrected chi connectivity index (χ1v) is 12.1. The Labute approximate surface area is 196 Å². The van der Waals surface area contributed by atoms with Gasteiger partial charge in [0.25, 0.3) is 5.91 Å². The van der Waals surface area contributed by atoms with E-state index >= 15 is 0 Å². The van der Waals surface area contributed by atoms with E-state index in [1.807, 2.05) is 30.3 Å². The molecule has 0 saturated carbocycles. The molecule has 0 bridgehead atoms. The normalized spacial score (nSPS) is 17.5. The molecule has 2 aliphatic heterocycles. The van der Waals surface area contributed by atoms with Crippen molar-refractivity contribution in [3.05, 3.63) is 47.8 Å². The van der Waals surface area contributed by atoms with Gasteiger partial charge in [0.1, 0.15) is 0 Å². The summed E-state index contributed by atoms with van der Waals surface area (Å²) in [6.45, 7) is 10.0. The molecule has 0 unspecified atom stereocenters. The summed E-state index contributed by atoms with van der Waals surface area (Å²) in [7, 11) is 0. The monoisotopic (exact) mass is 450 g/mol. The van der Waals surface area contributed by atoms with Crippen LogP contribution in [0, 0.1) is 0 Å².